The third-order valence-electron chi connectivity index (χ3n) is 4.91. The molecular formula is C22H27BrN4OS. The van der Waals surface area contributed by atoms with Crippen molar-refractivity contribution in [1.82, 2.24) is 20.1 Å². The van der Waals surface area contributed by atoms with Crippen LogP contribution >= 0.6 is 27.7 Å². The van der Waals surface area contributed by atoms with Crippen molar-refractivity contribution in [2.24, 2.45) is 0 Å². The number of amides is 1. The number of thioether (sulfide) groups is 1. The second-order valence-corrected chi connectivity index (χ2v) is 9.35. The number of nitrogens with one attached hydrogen (secondary N) is 1. The molecule has 29 heavy (non-hydrogen) atoms. The normalized spacial score (nSPS) is 14.9. The number of carbonyl (C=O) groups is 1. The molecule has 1 aromatic heterocycles. The van der Waals surface area contributed by atoms with Crippen molar-refractivity contribution in [3.8, 4) is 11.4 Å². The summed E-state index contributed by atoms with van der Waals surface area (Å²) in [5.41, 5.74) is 2.45. The highest BCUT2D eigenvalue weighted by molar-refractivity contribution is 9.10. The second-order valence-electron chi connectivity index (χ2n) is 7.12. The first-order valence-electron chi connectivity index (χ1n) is 10.0. The van der Waals surface area contributed by atoms with Crippen LogP contribution in [0.2, 0.25) is 0 Å². The standard InChI is InChI=1S/C22H27BrN4OS/c1-3-15-27-20(18-9-11-19(23)12-10-18)25-26-22(27)29-16(2)21(28)24-14-13-17-7-5-4-6-8-17/h3,7,9-12,16H,1,4-6,8,13-15H2,2H3,(H,24,28). The van der Waals surface area contributed by atoms with Crippen LogP contribution < -0.4 is 5.32 Å². The number of allylic oxidation sites excluding steroid dienone is 2. The zero-order valence-electron chi connectivity index (χ0n) is 16.7. The molecular weight excluding hydrogens is 448 g/mol. The minimum absolute atomic E-state index is 0.0322. The van der Waals surface area contributed by atoms with Crippen LogP contribution in [0, 0.1) is 0 Å². The maximum Gasteiger partial charge on any atom is 0.233 e. The molecule has 1 aliphatic rings. The largest absolute Gasteiger partial charge is 0.355 e. The van der Waals surface area contributed by atoms with E-state index in [-0.39, 0.29) is 11.2 Å². The predicted octanol–water partition coefficient (Wildman–Crippen LogP) is 5.38. The minimum atomic E-state index is -0.249. The fourth-order valence-corrected chi connectivity index (χ4v) is 4.46. The fourth-order valence-electron chi connectivity index (χ4n) is 3.32. The van der Waals surface area contributed by atoms with E-state index in [1.54, 1.807) is 0 Å². The Labute approximate surface area is 185 Å². The van der Waals surface area contributed by atoms with Crippen molar-refractivity contribution in [3.05, 3.63) is 53.0 Å². The average Bonchev–Trinajstić information content (AvgIpc) is 3.12. The number of aromatic nitrogens is 3. The molecule has 1 aromatic carbocycles. The van der Waals surface area contributed by atoms with Crippen molar-refractivity contribution >= 4 is 33.6 Å². The number of halogens is 1. The van der Waals surface area contributed by atoms with Crippen LogP contribution in [0.3, 0.4) is 0 Å². The van der Waals surface area contributed by atoms with Crippen molar-refractivity contribution in [2.75, 3.05) is 6.54 Å². The molecule has 0 radical (unpaired) electrons. The van der Waals surface area contributed by atoms with Crippen LogP contribution in [0.1, 0.15) is 39.0 Å². The van der Waals surface area contributed by atoms with Crippen molar-refractivity contribution in [2.45, 2.75) is 56.0 Å². The Morgan fingerprint density at radius 2 is 2.14 bits per heavy atom. The summed E-state index contributed by atoms with van der Waals surface area (Å²) in [6.45, 7) is 7.04. The third-order valence-corrected chi connectivity index (χ3v) is 6.52. The van der Waals surface area contributed by atoms with Gasteiger partial charge in [-0.2, -0.15) is 0 Å². The molecule has 154 valence electrons. The lowest BCUT2D eigenvalue weighted by molar-refractivity contribution is -0.120. The Bertz CT molecular complexity index is 875. The molecule has 7 heteroatoms. The summed E-state index contributed by atoms with van der Waals surface area (Å²) >= 11 is 4.88. The van der Waals surface area contributed by atoms with Gasteiger partial charge in [0.1, 0.15) is 0 Å². The molecule has 0 spiro atoms. The Kier molecular flexibility index (Phi) is 8.12. The molecule has 3 rings (SSSR count). The summed E-state index contributed by atoms with van der Waals surface area (Å²) in [6, 6.07) is 7.95. The molecule has 2 aromatic rings. The van der Waals surface area contributed by atoms with Gasteiger partial charge < -0.3 is 5.32 Å². The van der Waals surface area contributed by atoms with Gasteiger partial charge in [-0.3, -0.25) is 9.36 Å². The topological polar surface area (TPSA) is 59.8 Å². The Hall–Kier alpha value is -1.86. The van der Waals surface area contributed by atoms with E-state index >= 15 is 0 Å². The molecule has 0 bridgehead atoms. The van der Waals surface area contributed by atoms with E-state index in [0.717, 1.165) is 27.4 Å². The predicted molar refractivity (Wildman–Crippen MR) is 123 cm³/mol. The first-order valence-corrected chi connectivity index (χ1v) is 11.7. The van der Waals surface area contributed by atoms with E-state index in [4.69, 9.17) is 0 Å². The average molecular weight is 475 g/mol. The van der Waals surface area contributed by atoms with Gasteiger partial charge in [0.15, 0.2) is 11.0 Å². The van der Waals surface area contributed by atoms with E-state index in [9.17, 15) is 4.79 Å². The quantitative estimate of drug-likeness (QED) is 0.391. The number of nitrogens with zero attached hydrogens (tertiary/aromatic N) is 3. The number of rotatable bonds is 9. The molecule has 0 saturated heterocycles. The van der Waals surface area contributed by atoms with Gasteiger partial charge in [0.25, 0.3) is 0 Å². The van der Waals surface area contributed by atoms with Crippen LogP contribution in [-0.4, -0.2) is 32.5 Å². The lowest BCUT2D eigenvalue weighted by atomic mass is 9.97. The molecule has 0 aliphatic heterocycles. The maximum atomic E-state index is 12.5. The fraction of sp³-hybridized carbons (Fsp3) is 0.409. The van der Waals surface area contributed by atoms with Gasteiger partial charge in [-0.1, -0.05) is 57.5 Å². The van der Waals surface area contributed by atoms with Crippen LogP contribution in [-0.2, 0) is 11.3 Å². The maximum absolute atomic E-state index is 12.5. The lowest BCUT2D eigenvalue weighted by Gasteiger charge is -2.15. The molecule has 0 saturated carbocycles. The van der Waals surface area contributed by atoms with Gasteiger partial charge in [-0.05, 0) is 51.2 Å². The van der Waals surface area contributed by atoms with Crippen LogP contribution in [0.5, 0.6) is 0 Å². The first-order chi connectivity index (χ1) is 14.1. The van der Waals surface area contributed by atoms with Crippen molar-refractivity contribution in [3.63, 3.8) is 0 Å². The Morgan fingerprint density at radius 1 is 1.34 bits per heavy atom. The van der Waals surface area contributed by atoms with Gasteiger partial charge in [0, 0.05) is 23.1 Å². The van der Waals surface area contributed by atoms with Crippen LogP contribution in [0.15, 0.2) is 58.2 Å². The summed E-state index contributed by atoms with van der Waals surface area (Å²) in [4.78, 5) is 12.5. The SMILES string of the molecule is C=CCn1c(SC(C)C(=O)NCCC2=CCCCC2)nnc1-c1ccc(Br)cc1. The summed E-state index contributed by atoms with van der Waals surface area (Å²) in [7, 11) is 0. The van der Waals surface area contributed by atoms with Crippen molar-refractivity contribution in [1.29, 1.82) is 0 Å². The van der Waals surface area contributed by atoms with E-state index in [0.29, 0.717) is 13.1 Å². The molecule has 1 aliphatic carbocycles. The van der Waals surface area contributed by atoms with Gasteiger partial charge in [0.05, 0.1) is 5.25 Å². The summed E-state index contributed by atoms with van der Waals surface area (Å²) in [5, 5.41) is 12.2. The first kappa shape index (κ1) is 21.8. The molecule has 5 nitrogen and oxygen atoms in total. The van der Waals surface area contributed by atoms with Gasteiger partial charge in [0.2, 0.25) is 5.91 Å². The Balaban J connectivity index is 1.62. The highest BCUT2D eigenvalue weighted by atomic mass is 79.9. The summed E-state index contributed by atoms with van der Waals surface area (Å²) < 4.78 is 3.01. The van der Waals surface area contributed by atoms with Gasteiger partial charge >= 0.3 is 0 Å². The highest BCUT2D eigenvalue weighted by Gasteiger charge is 2.20. The molecule has 1 amide bonds. The summed E-state index contributed by atoms with van der Waals surface area (Å²) in [5.74, 6) is 0.807. The third kappa shape index (κ3) is 6.06. The zero-order valence-corrected chi connectivity index (χ0v) is 19.1. The highest BCUT2D eigenvalue weighted by Crippen LogP contribution is 2.28. The molecule has 1 unspecified atom stereocenters. The number of carbonyl (C=O) groups excluding carboxylic acids is 1. The Morgan fingerprint density at radius 3 is 2.83 bits per heavy atom. The van der Waals surface area contributed by atoms with E-state index in [2.05, 4.69) is 44.1 Å². The van der Waals surface area contributed by atoms with E-state index in [1.807, 2.05) is 41.8 Å². The minimum Gasteiger partial charge on any atom is -0.355 e. The molecule has 1 atom stereocenters. The molecule has 0 fully saturated rings. The van der Waals surface area contributed by atoms with Gasteiger partial charge in [-0.15, -0.1) is 16.8 Å². The zero-order chi connectivity index (χ0) is 20.6. The van der Waals surface area contributed by atoms with Crippen LogP contribution in [0.4, 0.5) is 0 Å². The summed E-state index contributed by atoms with van der Waals surface area (Å²) in [6.07, 6.45) is 10.00. The van der Waals surface area contributed by atoms with Crippen molar-refractivity contribution < 1.29 is 4.79 Å². The number of benzene rings is 1. The number of hydrogen-bond acceptors (Lipinski definition) is 4. The smallest absolute Gasteiger partial charge is 0.233 e. The monoisotopic (exact) mass is 474 g/mol. The second kappa shape index (κ2) is 10.8. The number of hydrogen-bond donors (Lipinski definition) is 1. The molecule has 1 N–H and O–H groups in total. The van der Waals surface area contributed by atoms with E-state index in [1.165, 1.54) is 43.0 Å². The van der Waals surface area contributed by atoms with Crippen LogP contribution in [0.25, 0.3) is 11.4 Å². The van der Waals surface area contributed by atoms with E-state index < -0.39 is 0 Å². The lowest BCUT2D eigenvalue weighted by Crippen LogP contribution is -2.32. The van der Waals surface area contributed by atoms with Gasteiger partial charge in [-0.25, -0.2) is 0 Å². The molecule has 1 heterocycles.